The SMILES string of the molecule is COc1ccccc1NC(=O)COc1ccc(/C=N/NC(=O)c2cccc(Br)c2)cc1OC. The third-order valence-electron chi connectivity index (χ3n) is 4.39. The fourth-order valence-corrected chi connectivity index (χ4v) is 3.22. The van der Waals surface area contributed by atoms with Crippen LogP contribution in [0.2, 0.25) is 0 Å². The normalized spacial score (nSPS) is 10.5. The highest BCUT2D eigenvalue weighted by molar-refractivity contribution is 9.10. The quantitative estimate of drug-likeness (QED) is 0.330. The molecule has 2 N–H and O–H groups in total. The van der Waals surface area contributed by atoms with E-state index in [0.29, 0.717) is 34.1 Å². The monoisotopic (exact) mass is 511 g/mol. The van der Waals surface area contributed by atoms with Gasteiger partial charge in [0.1, 0.15) is 5.75 Å². The number of hydrogen-bond donors (Lipinski definition) is 2. The highest BCUT2D eigenvalue weighted by Gasteiger charge is 2.11. The van der Waals surface area contributed by atoms with Crippen molar-refractivity contribution in [2.75, 3.05) is 26.1 Å². The van der Waals surface area contributed by atoms with Crippen LogP contribution < -0.4 is 25.0 Å². The van der Waals surface area contributed by atoms with Crippen LogP contribution in [0.3, 0.4) is 0 Å². The number of nitrogens with zero attached hydrogens (tertiary/aromatic N) is 1. The Bertz CT molecular complexity index is 1170. The maximum atomic E-state index is 12.3. The molecular formula is C24H22BrN3O5. The second kappa shape index (κ2) is 11.7. The van der Waals surface area contributed by atoms with Gasteiger partial charge in [0.05, 0.1) is 26.1 Å². The Hall–Kier alpha value is -3.85. The number of benzene rings is 3. The minimum atomic E-state index is -0.345. The molecule has 0 heterocycles. The Labute approximate surface area is 199 Å². The molecule has 3 aromatic carbocycles. The summed E-state index contributed by atoms with van der Waals surface area (Å²) < 4.78 is 17.0. The first-order valence-corrected chi connectivity index (χ1v) is 10.6. The van der Waals surface area contributed by atoms with Crippen molar-refractivity contribution in [2.45, 2.75) is 0 Å². The van der Waals surface area contributed by atoms with E-state index in [9.17, 15) is 9.59 Å². The van der Waals surface area contributed by atoms with Crippen LogP contribution in [-0.4, -0.2) is 38.9 Å². The molecule has 0 radical (unpaired) electrons. The molecule has 8 nitrogen and oxygen atoms in total. The molecule has 0 atom stereocenters. The van der Waals surface area contributed by atoms with Crippen molar-refractivity contribution >= 4 is 39.6 Å². The molecule has 170 valence electrons. The molecule has 0 saturated carbocycles. The Balaban J connectivity index is 1.58. The lowest BCUT2D eigenvalue weighted by Gasteiger charge is -2.12. The fraction of sp³-hybridized carbons (Fsp3) is 0.125. The van der Waals surface area contributed by atoms with E-state index in [-0.39, 0.29) is 18.4 Å². The van der Waals surface area contributed by atoms with Gasteiger partial charge < -0.3 is 19.5 Å². The molecule has 0 aliphatic heterocycles. The summed E-state index contributed by atoms with van der Waals surface area (Å²) in [5.41, 5.74) is 4.18. The van der Waals surface area contributed by atoms with Crippen molar-refractivity contribution < 1.29 is 23.8 Å². The van der Waals surface area contributed by atoms with Gasteiger partial charge in [-0.2, -0.15) is 5.10 Å². The second-order valence-electron chi connectivity index (χ2n) is 6.66. The van der Waals surface area contributed by atoms with Crippen LogP contribution in [0, 0.1) is 0 Å². The van der Waals surface area contributed by atoms with Crippen molar-refractivity contribution in [3.63, 3.8) is 0 Å². The zero-order valence-electron chi connectivity index (χ0n) is 18.0. The maximum absolute atomic E-state index is 12.3. The van der Waals surface area contributed by atoms with E-state index in [2.05, 4.69) is 31.8 Å². The number of halogens is 1. The van der Waals surface area contributed by atoms with Gasteiger partial charge >= 0.3 is 0 Å². The first-order valence-electron chi connectivity index (χ1n) is 9.83. The summed E-state index contributed by atoms with van der Waals surface area (Å²) in [7, 11) is 3.02. The van der Waals surface area contributed by atoms with Gasteiger partial charge in [-0.15, -0.1) is 0 Å². The number of methoxy groups -OCH3 is 2. The van der Waals surface area contributed by atoms with E-state index in [0.717, 1.165) is 4.47 Å². The number of carbonyl (C=O) groups is 2. The summed E-state index contributed by atoms with van der Waals surface area (Å²) in [4.78, 5) is 24.4. The summed E-state index contributed by atoms with van der Waals surface area (Å²) in [6, 6.07) is 19.2. The van der Waals surface area contributed by atoms with Crippen LogP contribution in [0.15, 0.2) is 76.3 Å². The molecule has 0 spiro atoms. The summed E-state index contributed by atoms with van der Waals surface area (Å²) in [5, 5.41) is 6.72. The summed E-state index contributed by atoms with van der Waals surface area (Å²) in [6.07, 6.45) is 1.48. The first-order chi connectivity index (χ1) is 16.0. The fourth-order valence-electron chi connectivity index (χ4n) is 2.82. The predicted octanol–water partition coefficient (Wildman–Crippen LogP) is 4.25. The van der Waals surface area contributed by atoms with Gasteiger partial charge in [-0.3, -0.25) is 9.59 Å². The van der Waals surface area contributed by atoms with Gasteiger partial charge in [-0.1, -0.05) is 34.1 Å². The molecule has 0 aliphatic carbocycles. The van der Waals surface area contributed by atoms with Crippen molar-refractivity contribution in [3.8, 4) is 17.2 Å². The van der Waals surface area contributed by atoms with Crippen LogP contribution in [0.25, 0.3) is 0 Å². The van der Waals surface area contributed by atoms with Gasteiger partial charge in [-0.05, 0) is 54.1 Å². The zero-order valence-corrected chi connectivity index (χ0v) is 19.6. The molecule has 9 heteroatoms. The Morgan fingerprint density at radius 1 is 0.939 bits per heavy atom. The average molecular weight is 512 g/mol. The topological polar surface area (TPSA) is 98.3 Å². The third-order valence-corrected chi connectivity index (χ3v) is 4.89. The molecule has 0 bridgehead atoms. The van der Waals surface area contributed by atoms with Crippen LogP contribution >= 0.6 is 15.9 Å². The molecule has 3 rings (SSSR count). The maximum Gasteiger partial charge on any atom is 0.271 e. The molecule has 2 amide bonds. The van der Waals surface area contributed by atoms with E-state index >= 15 is 0 Å². The van der Waals surface area contributed by atoms with Crippen LogP contribution in [0.5, 0.6) is 17.2 Å². The van der Waals surface area contributed by atoms with E-state index in [1.54, 1.807) is 54.6 Å². The van der Waals surface area contributed by atoms with E-state index in [4.69, 9.17) is 14.2 Å². The summed E-state index contributed by atoms with van der Waals surface area (Å²) >= 11 is 3.33. The number of carbonyl (C=O) groups excluding carboxylic acids is 2. The average Bonchev–Trinajstić information content (AvgIpc) is 2.83. The van der Waals surface area contributed by atoms with E-state index in [1.165, 1.54) is 20.4 Å². The molecule has 3 aromatic rings. The number of hydrazone groups is 1. The first kappa shape index (κ1) is 23.8. The second-order valence-corrected chi connectivity index (χ2v) is 7.57. The van der Waals surface area contributed by atoms with Crippen molar-refractivity contribution in [3.05, 3.63) is 82.3 Å². The number of rotatable bonds is 9. The smallest absolute Gasteiger partial charge is 0.271 e. The summed E-state index contributed by atoms with van der Waals surface area (Å²) in [6.45, 7) is -0.218. The standard InChI is InChI=1S/C24H22BrN3O5/c1-31-20-9-4-3-8-19(20)27-23(29)15-33-21-11-10-16(12-22(21)32-2)14-26-28-24(30)17-6-5-7-18(25)13-17/h3-14H,15H2,1-2H3,(H,27,29)(H,28,30)/b26-14+. The number of ether oxygens (including phenoxy) is 3. The molecule has 0 unspecified atom stereocenters. The van der Waals surface area contributed by atoms with Crippen molar-refractivity contribution in [1.82, 2.24) is 5.43 Å². The lowest BCUT2D eigenvalue weighted by atomic mass is 10.2. The lowest BCUT2D eigenvalue weighted by molar-refractivity contribution is -0.118. The van der Waals surface area contributed by atoms with Crippen LogP contribution in [0.4, 0.5) is 5.69 Å². The van der Waals surface area contributed by atoms with Gasteiger partial charge in [0.2, 0.25) is 0 Å². The minimum Gasteiger partial charge on any atom is -0.495 e. The highest BCUT2D eigenvalue weighted by Crippen LogP contribution is 2.28. The Morgan fingerprint density at radius 2 is 1.73 bits per heavy atom. The largest absolute Gasteiger partial charge is 0.495 e. The predicted molar refractivity (Wildman–Crippen MR) is 129 cm³/mol. The molecule has 0 fully saturated rings. The van der Waals surface area contributed by atoms with Gasteiger partial charge in [0.15, 0.2) is 18.1 Å². The van der Waals surface area contributed by atoms with E-state index < -0.39 is 0 Å². The number of anilines is 1. The molecular weight excluding hydrogens is 490 g/mol. The molecule has 0 aromatic heterocycles. The van der Waals surface area contributed by atoms with Crippen molar-refractivity contribution in [1.29, 1.82) is 0 Å². The third kappa shape index (κ3) is 6.81. The summed E-state index contributed by atoms with van der Waals surface area (Å²) in [5.74, 6) is 0.687. The number of para-hydroxylation sites is 2. The van der Waals surface area contributed by atoms with E-state index in [1.807, 2.05) is 12.1 Å². The van der Waals surface area contributed by atoms with Gasteiger partial charge in [0.25, 0.3) is 11.8 Å². The zero-order chi connectivity index (χ0) is 23.6. The van der Waals surface area contributed by atoms with Crippen LogP contribution in [0.1, 0.15) is 15.9 Å². The van der Waals surface area contributed by atoms with Gasteiger partial charge in [0, 0.05) is 10.0 Å². The van der Waals surface area contributed by atoms with Gasteiger partial charge in [-0.25, -0.2) is 5.43 Å². The lowest BCUT2D eigenvalue weighted by Crippen LogP contribution is -2.20. The number of amides is 2. The minimum absolute atomic E-state index is 0.218. The number of nitrogens with one attached hydrogen (secondary N) is 2. The van der Waals surface area contributed by atoms with Crippen molar-refractivity contribution in [2.24, 2.45) is 5.10 Å². The number of hydrogen-bond acceptors (Lipinski definition) is 6. The molecule has 0 saturated heterocycles. The highest BCUT2D eigenvalue weighted by atomic mass is 79.9. The Morgan fingerprint density at radius 3 is 2.48 bits per heavy atom. The molecule has 33 heavy (non-hydrogen) atoms. The van der Waals surface area contributed by atoms with Crippen LogP contribution in [-0.2, 0) is 4.79 Å². The Kier molecular flexibility index (Phi) is 8.43. The molecule has 0 aliphatic rings.